The lowest BCUT2D eigenvalue weighted by molar-refractivity contribution is -0.137. The number of hydrogen-bond donors (Lipinski definition) is 0. The van der Waals surface area contributed by atoms with E-state index in [-0.39, 0.29) is 29.6 Å². The molecule has 0 N–H and O–H groups in total. The normalized spacial score (nSPS) is 11.5. The molecule has 0 radical (unpaired) electrons. The van der Waals surface area contributed by atoms with Crippen molar-refractivity contribution < 1.29 is 22.7 Å². The van der Waals surface area contributed by atoms with Crippen LogP contribution in [0.3, 0.4) is 0 Å². The number of esters is 1. The van der Waals surface area contributed by atoms with Gasteiger partial charge in [-0.2, -0.15) is 13.2 Å². The van der Waals surface area contributed by atoms with E-state index < -0.39 is 23.1 Å². The first-order chi connectivity index (χ1) is 10.8. The number of pyridine rings is 1. The molecule has 0 saturated carbocycles. The summed E-state index contributed by atoms with van der Waals surface area (Å²) >= 11 is 0. The molecule has 0 bridgehead atoms. The summed E-state index contributed by atoms with van der Waals surface area (Å²) in [6.45, 7) is 5.42. The molecular formula is C16H14F3NO3. The van der Waals surface area contributed by atoms with Crippen molar-refractivity contribution in [1.82, 2.24) is 4.57 Å². The van der Waals surface area contributed by atoms with Crippen molar-refractivity contribution in [3.05, 3.63) is 58.4 Å². The molecular weight excluding hydrogens is 311 g/mol. The minimum absolute atomic E-state index is 0.0559. The second-order valence-corrected chi connectivity index (χ2v) is 4.76. The van der Waals surface area contributed by atoms with E-state index in [1.807, 2.05) is 0 Å². The molecule has 1 heterocycles. The lowest BCUT2D eigenvalue weighted by atomic mass is 10.1. The average Bonchev–Trinajstić information content (AvgIpc) is 2.49. The van der Waals surface area contributed by atoms with Crippen LogP contribution >= 0.6 is 0 Å². The summed E-state index contributed by atoms with van der Waals surface area (Å²) in [7, 11) is 0. The quantitative estimate of drug-likeness (QED) is 0.639. The predicted octanol–water partition coefficient (Wildman–Crippen LogP) is 3.38. The van der Waals surface area contributed by atoms with E-state index in [0.717, 1.165) is 12.1 Å². The fraction of sp³-hybridized carbons (Fsp3) is 0.250. The predicted molar refractivity (Wildman–Crippen MR) is 79.4 cm³/mol. The summed E-state index contributed by atoms with van der Waals surface area (Å²) < 4.78 is 44.8. The maximum atomic E-state index is 12.9. The third-order valence-electron chi connectivity index (χ3n) is 3.23. The van der Waals surface area contributed by atoms with Gasteiger partial charge in [-0.15, -0.1) is 6.58 Å². The van der Waals surface area contributed by atoms with E-state index in [4.69, 9.17) is 4.74 Å². The molecule has 0 aliphatic heterocycles. The van der Waals surface area contributed by atoms with Gasteiger partial charge in [0.05, 0.1) is 17.7 Å². The van der Waals surface area contributed by atoms with Crippen LogP contribution in [0, 0.1) is 0 Å². The molecule has 2 rings (SSSR count). The number of carbonyl (C=O) groups is 1. The number of benzene rings is 1. The molecule has 2 aromatic rings. The molecule has 1 aromatic heterocycles. The van der Waals surface area contributed by atoms with E-state index in [1.165, 1.54) is 22.9 Å². The van der Waals surface area contributed by atoms with Gasteiger partial charge in [-0.3, -0.25) is 4.79 Å². The van der Waals surface area contributed by atoms with Gasteiger partial charge in [0, 0.05) is 18.1 Å². The number of fused-ring (bicyclic) bond motifs is 1. The summed E-state index contributed by atoms with van der Waals surface area (Å²) in [5.74, 6) is -0.866. The average molecular weight is 325 g/mol. The molecule has 0 aliphatic rings. The Morgan fingerprint density at radius 3 is 2.65 bits per heavy atom. The summed E-state index contributed by atoms with van der Waals surface area (Å²) in [6, 6.07) is 2.85. The number of aromatic nitrogens is 1. The van der Waals surface area contributed by atoms with Crippen molar-refractivity contribution >= 4 is 16.9 Å². The molecule has 0 atom stereocenters. The number of hydrogen-bond acceptors (Lipinski definition) is 3. The largest absolute Gasteiger partial charge is 0.462 e. The topological polar surface area (TPSA) is 48.3 Å². The van der Waals surface area contributed by atoms with Gasteiger partial charge in [0.1, 0.15) is 5.56 Å². The number of alkyl halides is 3. The molecule has 0 aliphatic carbocycles. The Labute approximate surface area is 129 Å². The number of rotatable bonds is 4. The van der Waals surface area contributed by atoms with Crippen LogP contribution in [-0.4, -0.2) is 17.1 Å². The van der Waals surface area contributed by atoms with Gasteiger partial charge in [-0.25, -0.2) is 4.79 Å². The van der Waals surface area contributed by atoms with Crippen LogP contribution in [0.15, 0.2) is 41.8 Å². The Balaban J connectivity index is 2.80. The number of carbonyl (C=O) groups excluding carboxylic acids is 1. The SMILES string of the molecule is C=CCn1cc(C(=O)OCC)c(=O)c2cc(C(F)(F)F)ccc21. The Bertz CT molecular complexity index is 822. The lowest BCUT2D eigenvalue weighted by Gasteiger charge is -2.13. The van der Waals surface area contributed by atoms with Gasteiger partial charge in [0.25, 0.3) is 0 Å². The molecule has 0 spiro atoms. The van der Waals surface area contributed by atoms with Gasteiger partial charge in [0.2, 0.25) is 5.43 Å². The van der Waals surface area contributed by atoms with Gasteiger partial charge < -0.3 is 9.30 Å². The fourth-order valence-electron chi connectivity index (χ4n) is 2.22. The fourth-order valence-corrected chi connectivity index (χ4v) is 2.22. The maximum Gasteiger partial charge on any atom is 0.416 e. The monoisotopic (exact) mass is 325 g/mol. The lowest BCUT2D eigenvalue weighted by Crippen LogP contribution is -2.21. The van der Waals surface area contributed by atoms with E-state index >= 15 is 0 Å². The Kier molecular flexibility index (Phi) is 4.58. The van der Waals surface area contributed by atoms with Gasteiger partial charge in [-0.05, 0) is 25.1 Å². The van der Waals surface area contributed by atoms with Gasteiger partial charge in [0.15, 0.2) is 0 Å². The minimum atomic E-state index is -4.58. The van der Waals surface area contributed by atoms with Crippen molar-refractivity contribution in [3.8, 4) is 0 Å². The van der Waals surface area contributed by atoms with E-state index in [0.29, 0.717) is 0 Å². The Morgan fingerprint density at radius 2 is 2.09 bits per heavy atom. The van der Waals surface area contributed by atoms with E-state index in [1.54, 1.807) is 6.92 Å². The van der Waals surface area contributed by atoms with Crippen molar-refractivity contribution in [1.29, 1.82) is 0 Å². The first-order valence-corrected chi connectivity index (χ1v) is 6.82. The first kappa shape index (κ1) is 16.8. The third kappa shape index (κ3) is 3.28. The Morgan fingerprint density at radius 1 is 1.39 bits per heavy atom. The highest BCUT2D eigenvalue weighted by Crippen LogP contribution is 2.30. The standard InChI is InChI=1S/C16H14F3NO3/c1-3-7-20-9-12(15(22)23-4-2)14(21)11-8-10(16(17,18)19)5-6-13(11)20/h3,5-6,8-9H,1,4,7H2,2H3. The zero-order valence-electron chi connectivity index (χ0n) is 12.3. The molecule has 0 fully saturated rings. The zero-order chi connectivity index (χ0) is 17.2. The number of nitrogens with zero attached hydrogens (tertiary/aromatic N) is 1. The van der Waals surface area contributed by atoms with Crippen LogP contribution in [0.2, 0.25) is 0 Å². The molecule has 1 aromatic carbocycles. The van der Waals surface area contributed by atoms with E-state index in [2.05, 4.69) is 6.58 Å². The van der Waals surface area contributed by atoms with Crippen LogP contribution in [0.1, 0.15) is 22.8 Å². The molecule has 4 nitrogen and oxygen atoms in total. The van der Waals surface area contributed by atoms with Crippen LogP contribution in [0.4, 0.5) is 13.2 Å². The maximum absolute atomic E-state index is 12.9. The summed E-state index contributed by atoms with van der Waals surface area (Å²) in [4.78, 5) is 24.2. The highest BCUT2D eigenvalue weighted by molar-refractivity contribution is 5.94. The van der Waals surface area contributed by atoms with Crippen molar-refractivity contribution in [2.45, 2.75) is 19.6 Å². The highest BCUT2D eigenvalue weighted by Gasteiger charge is 2.31. The number of halogens is 3. The first-order valence-electron chi connectivity index (χ1n) is 6.82. The van der Waals surface area contributed by atoms with Crippen LogP contribution in [0.25, 0.3) is 10.9 Å². The number of allylic oxidation sites excluding steroid dienone is 1. The van der Waals surface area contributed by atoms with Gasteiger partial charge in [-0.1, -0.05) is 6.08 Å². The highest BCUT2D eigenvalue weighted by atomic mass is 19.4. The van der Waals surface area contributed by atoms with E-state index in [9.17, 15) is 22.8 Å². The summed E-state index contributed by atoms with van der Waals surface area (Å²) in [5.41, 5.74) is -1.76. The van der Waals surface area contributed by atoms with Crippen LogP contribution in [0.5, 0.6) is 0 Å². The van der Waals surface area contributed by atoms with Crippen LogP contribution in [-0.2, 0) is 17.5 Å². The minimum Gasteiger partial charge on any atom is -0.462 e. The van der Waals surface area contributed by atoms with Crippen molar-refractivity contribution in [2.24, 2.45) is 0 Å². The number of ether oxygens (including phenoxy) is 1. The van der Waals surface area contributed by atoms with Crippen LogP contribution < -0.4 is 5.43 Å². The Hall–Kier alpha value is -2.57. The molecule has 0 saturated heterocycles. The molecule has 122 valence electrons. The van der Waals surface area contributed by atoms with Crippen molar-refractivity contribution in [3.63, 3.8) is 0 Å². The second-order valence-electron chi connectivity index (χ2n) is 4.76. The molecule has 0 unspecified atom stereocenters. The molecule has 7 heteroatoms. The second kappa shape index (κ2) is 6.28. The molecule has 23 heavy (non-hydrogen) atoms. The summed E-state index contributed by atoms with van der Waals surface area (Å²) in [6.07, 6.45) is -1.79. The zero-order valence-corrected chi connectivity index (χ0v) is 12.3. The van der Waals surface area contributed by atoms with Crippen molar-refractivity contribution in [2.75, 3.05) is 6.61 Å². The third-order valence-corrected chi connectivity index (χ3v) is 3.23. The van der Waals surface area contributed by atoms with Gasteiger partial charge >= 0.3 is 12.1 Å². The summed E-state index contributed by atoms with van der Waals surface area (Å²) in [5, 5.41) is -0.188. The smallest absolute Gasteiger partial charge is 0.416 e. The molecule has 0 amide bonds.